The van der Waals surface area contributed by atoms with Gasteiger partial charge < -0.3 is 14.8 Å². The topological polar surface area (TPSA) is 92.4 Å². The van der Waals surface area contributed by atoms with Crippen molar-refractivity contribution in [3.63, 3.8) is 0 Å². The average molecular weight is 308 g/mol. The highest BCUT2D eigenvalue weighted by Gasteiger charge is 2.23. The molecule has 0 aromatic carbocycles. The molecule has 2 rings (SSSR count). The van der Waals surface area contributed by atoms with Crippen molar-refractivity contribution >= 4 is 23.2 Å². The summed E-state index contributed by atoms with van der Waals surface area (Å²) in [7, 11) is 0. The first-order valence-corrected chi connectivity index (χ1v) is 7.34. The fourth-order valence-electron chi connectivity index (χ4n) is 1.81. The lowest BCUT2D eigenvalue weighted by atomic mass is 10.0. The summed E-state index contributed by atoms with van der Waals surface area (Å²) < 4.78 is 4.99. The fourth-order valence-corrected chi connectivity index (χ4v) is 2.62. The number of carboxylic acid groups (broad SMARTS) is 1. The number of nitrogens with zero attached hydrogens (tertiary/aromatic N) is 1. The number of furan rings is 1. The molecule has 0 aliphatic carbocycles. The molecule has 0 aliphatic rings. The maximum atomic E-state index is 11.9. The van der Waals surface area contributed by atoms with E-state index in [9.17, 15) is 9.59 Å². The summed E-state index contributed by atoms with van der Waals surface area (Å²) in [5, 5.41) is 14.1. The predicted molar refractivity (Wildman–Crippen MR) is 77.9 cm³/mol. The van der Waals surface area contributed by atoms with Crippen LogP contribution in [-0.4, -0.2) is 28.0 Å². The molecule has 1 amide bonds. The molecule has 2 N–H and O–H groups in total. The van der Waals surface area contributed by atoms with Crippen LogP contribution in [0, 0.1) is 5.92 Å². The van der Waals surface area contributed by atoms with E-state index in [1.54, 1.807) is 37.8 Å². The van der Waals surface area contributed by atoms with E-state index >= 15 is 0 Å². The van der Waals surface area contributed by atoms with Gasteiger partial charge in [-0.05, 0) is 12.0 Å². The maximum Gasteiger partial charge on any atom is 0.326 e. The molecular formula is C14H16N2O4S. The Balaban J connectivity index is 1.98. The number of hydrogen-bond donors (Lipinski definition) is 2. The van der Waals surface area contributed by atoms with Gasteiger partial charge in [0.25, 0.3) is 0 Å². The third-order valence-corrected chi connectivity index (χ3v) is 3.85. The number of carbonyl (C=O) groups excluding carboxylic acids is 1. The van der Waals surface area contributed by atoms with Crippen LogP contribution in [0.15, 0.2) is 28.4 Å². The van der Waals surface area contributed by atoms with Gasteiger partial charge in [-0.15, -0.1) is 11.3 Å². The highest BCUT2D eigenvalue weighted by atomic mass is 32.1. The Morgan fingerprint density at radius 3 is 2.81 bits per heavy atom. The van der Waals surface area contributed by atoms with Gasteiger partial charge in [-0.2, -0.15) is 0 Å². The van der Waals surface area contributed by atoms with Crippen molar-refractivity contribution in [2.45, 2.75) is 26.3 Å². The number of carboxylic acids is 1. The summed E-state index contributed by atoms with van der Waals surface area (Å²) in [5.41, 5.74) is 1.47. The van der Waals surface area contributed by atoms with Gasteiger partial charge in [-0.3, -0.25) is 4.79 Å². The smallest absolute Gasteiger partial charge is 0.326 e. The minimum Gasteiger partial charge on any atom is -0.480 e. The standard InChI is InChI=1S/C14H16N2O4S/c1-8(2)12(14(18)19)16-11(17)5-10-7-21-13(15-10)9-3-4-20-6-9/h3-4,6-8,12H,5H2,1-2H3,(H,16,17)(H,18,19)/t12-/m0/s1. The zero-order chi connectivity index (χ0) is 15.4. The lowest BCUT2D eigenvalue weighted by Crippen LogP contribution is -2.44. The summed E-state index contributed by atoms with van der Waals surface area (Å²) in [5.74, 6) is -1.56. The van der Waals surface area contributed by atoms with Crippen LogP contribution in [0.2, 0.25) is 0 Å². The highest BCUT2D eigenvalue weighted by molar-refractivity contribution is 7.13. The number of aliphatic carboxylic acids is 1. The zero-order valence-corrected chi connectivity index (χ0v) is 12.5. The molecule has 0 bridgehead atoms. The summed E-state index contributed by atoms with van der Waals surface area (Å²) >= 11 is 1.41. The Labute approximate surface area is 125 Å². The second kappa shape index (κ2) is 6.53. The quantitative estimate of drug-likeness (QED) is 0.853. The van der Waals surface area contributed by atoms with Crippen LogP contribution >= 0.6 is 11.3 Å². The minimum atomic E-state index is -1.03. The second-order valence-electron chi connectivity index (χ2n) is 4.96. The molecule has 0 spiro atoms. The molecule has 7 heteroatoms. The van der Waals surface area contributed by atoms with E-state index in [2.05, 4.69) is 10.3 Å². The van der Waals surface area contributed by atoms with E-state index in [0.29, 0.717) is 5.69 Å². The maximum absolute atomic E-state index is 11.9. The molecule has 0 aliphatic heterocycles. The lowest BCUT2D eigenvalue weighted by Gasteiger charge is -2.17. The Morgan fingerprint density at radius 2 is 2.24 bits per heavy atom. The van der Waals surface area contributed by atoms with E-state index in [1.165, 1.54) is 11.3 Å². The van der Waals surface area contributed by atoms with Crippen LogP contribution in [0.5, 0.6) is 0 Å². The van der Waals surface area contributed by atoms with E-state index in [-0.39, 0.29) is 18.2 Å². The van der Waals surface area contributed by atoms with Gasteiger partial charge in [0.15, 0.2) is 0 Å². The number of amides is 1. The van der Waals surface area contributed by atoms with Crippen LogP contribution in [0.3, 0.4) is 0 Å². The SMILES string of the molecule is CC(C)[C@H](NC(=O)Cc1csc(-c2ccoc2)n1)C(=O)O. The Kier molecular flexibility index (Phi) is 4.74. The van der Waals surface area contributed by atoms with Gasteiger partial charge in [0.1, 0.15) is 17.3 Å². The Bertz CT molecular complexity index is 619. The first kappa shape index (κ1) is 15.2. The number of nitrogens with one attached hydrogen (secondary N) is 1. The Hall–Kier alpha value is -2.15. The molecule has 2 heterocycles. The highest BCUT2D eigenvalue weighted by Crippen LogP contribution is 2.24. The van der Waals surface area contributed by atoms with Crippen molar-refractivity contribution in [3.05, 3.63) is 29.7 Å². The molecule has 21 heavy (non-hydrogen) atoms. The Morgan fingerprint density at radius 1 is 1.48 bits per heavy atom. The van der Waals surface area contributed by atoms with Gasteiger partial charge in [0.2, 0.25) is 5.91 Å². The van der Waals surface area contributed by atoms with Crippen LogP contribution in [0.4, 0.5) is 0 Å². The summed E-state index contributed by atoms with van der Waals surface area (Å²) in [6.45, 7) is 3.50. The third kappa shape index (κ3) is 3.91. The normalized spacial score (nSPS) is 12.3. The van der Waals surface area contributed by atoms with Crippen molar-refractivity contribution in [2.75, 3.05) is 0 Å². The molecule has 0 unspecified atom stereocenters. The number of carbonyl (C=O) groups is 2. The molecule has 0 radical (unpaired) electrons. The monoisotopic (exact) mass is 308 g/mol. The first-order chi connectivity index (χ1) is 9.97. The molecular weight excluding hydrogens is 292 g/mol. The number of hydrogen-bond acceptors (Lipinski definition) is 5. The molecule has 0 fully saturated rings. The van der Waals surface area contributed by atoms with E-state index in [4.69, 9.17) is 9.52 Å². The molecule has 0 saturated carbocycles. The molecule has 0 saturated heterocycles. The minimum absolute atomic E-state index is 0.0604. The first-order valence-electron chi connectivity index (χ1n) is 6.46. The van der Waals surface area contributed by atoms with Crippen LogP contribution in [0.1, 0.15) is 19.5 Å². The number of aromatic nitrogens is 1. The molecule has 112 valence electrons. The zero-order valence-electron chi connectivity index (χ0n) is 11.7. The number of rotatable bonds is 6. The largest absolute Gasteiger partial charge is 0.480 e. The van der Waals surface area contributed by atoms with Crippen molar-refractivity contribution in [2.24, 2.45) is 5.92 Å². The fraction of sp³-hybridized carbons (Fsp3) is 0.357. The van der Waals surface area contributed by atoms with Crippen molar-refractivity contribution < 1.29 is 19.1 Å². The predicted octanol–water partition coefficient (Wildman–Crippen LogP) is 2.17. The van der Waals surface area contributed by atoms with E-state index in [0.717, 1.165) is 10.6 Å². The second-order valence-corrected chi connectivity index (χ2v) is 5.82. The van der Waals surface area contributed by atoms with Crippen molar-refractivity contribution in [1.29, 1.82) is 0 Å². The van der Waals surface area contributed by atoms with Gasteiger partial charge in [0.05, 0.1) is 18.4 Å². The van der Waals surface area contributed by atoms with Gasteiger partial charge in [-0.25, -0.2) is 9.78 Å². The average Bonchev–Trinajstić information content (AvgIpc) is 3.05. The molecule has 2 aromatic rings. The molecule has 1 atom stereocenters. The molecule has 6 nitrogen and oxygen atoms in total. The third-order valence-electron chi connectivity index (χ3n) is 2.91. The van der Waals surface area contributed by atoms with E-state index in [1.807, 2.05) is 0 Å². The van der Waals surface area contributed by atoms with E-state index < -0.39 is 12.0 Å². The van der Waals surface area contributed by atoms with Gasteiger partial charge in [-0.1, -0.05) is 13.8 Å². The van der Waals surface area contributed by atoms with Crippen LogP contribution < -0.4 is 5.32 Å². The van der Waals surface area contributed by atoms with Gasteiger partial charge >= 0.3 is 5.97 Å². The van der Waals surface area contributed by atoms with Crippen molar-refractivity contribution in [3.8, 4) is 10.6 Å². The lowest BCUT2D eigenvalue weighted by molar-refractivity contribution is -0.143. The summed E-state index contributed by atoms with van der Waals surface area (Å²) in [6.07, 6.45) is 3.20. The summed E-state index contributed by atoms with van der Waals surface area (Å²) in [4.78, 5) is 27.3. The van der Waals surface area contributed by atoms with Gasteiger partial charge in [0, 0.05) is 10.9 Å². The summed E-state index contributed by atoms with van der Waals surface area (Å²) in [6, 6.07) is 0.909. The van der Waals surface area contributed by atoms with Crippen LogP contribution in [-0.2, 0) is 16.0 Å². The van der Waals surface area contributed by atoms with Crippen LogP contribution in [0.25, 0.3) is 10.6 Å². The molecule has 2 aromatic heterocycles. The number of thiazole rings is 1. The van der Waals surface area contributed by atoms with Crippen molar-refractivity contribution in [1.82, 2.24) is 10.3 Å².